The summed E-state index contributed by atoms with van der Waals surface area (Å²) in [5.41, 5.74) is 0. The molecule has 0 aromatic carbocycles. The van der Waals surface area contributed by atoms with Crippen LogP contribution in [0.5, 0.6) is 0 Å². The highest BCUT2D eigenvalue weighted by Crippen LogP contribution is 2.15. The van der Waals surface area contributed by atoms with Crippen molar-refractivity contribution in [3.05, 3.63) is 0 Å². The second-order valence-corrected chi connectivity index (χ2v) is 7.10. The fraction of sp³-hybridized carbons (Fsp3) is 0.917. The lowest BCUT2D eigenvalue weighted by atomic mass is 10.1. The van der Waals surface area contributed by atoms with E-state index >= 15 is 0 Å². The summed E-state index contributed by atoms with van der Waals surface area (Å²) >= 11 is 0. The van der Waals surface area contributed by atoms with Crippen LogP contribution in [-0.2, 0) is 14.8 Å². The van der Waals surface area contributed by atoms with Crippen molar-refractivity contribution in [1.29, 1.82) is 0 Å². The Morgan fingerprint density at radius 3 is 2.42 bits per heavy atom. The Bertz CT molecular complexity index is 389. The molecule has 7 heteroatoms. The summed E-state index contributed by atoms with van der Waals surface area (Å²) in [6.07, 6.45) is 2.01. The van der Waals surface area contributed by atoms with Crippen LogP contribution in [0, 0.1) is 0 Å². The van der Waals surface area contributed by atoms with Crippen molar-refractivity contribution in [1.82, 2.24) is 14.9 Å². The highest BCUT2D eigenvalue weighted by molar-refractivity contribution is 7.89. The molecule has 19 heavy (non-hydrogen) atoms. The van der Waals surface area contributed by atoms with Gasteiger partial charge in [-0.05, 0) is 33.2 Å². The standard InChI is InChI=1S/C12H25N3O3S/c1-4-9-19(17,18)15-7-5-11(6-8-15)14-12(16)10(2)13-3/h10-11,13H,4-9H2,1-3H3,(H,14,16). The van der Waals surface area contributed by atoms with Crippen LogP contribution < -0.4 is 10.6 Å². The summed E-state index contributed by atoms with van der Waals surface area (Å²) < 4.78 is 25.3. The number of likely N-dealkylation sites (N-methyl/N-ethyl adjacent to an activating group) is 1. The molecule has 1 amide bonds. The number of carbonyl (C=O) groups excluding carboxylic acids is 1. The van der Waals surface area contributed by atoms with Gasteiger partial charge in [0.25, 0.3) is 0 Å². The van der Waals surface area contributed by atoms with Gasteiger partial charge in [0.1, 0.15) is 0 Å². The zero-order valence-electron chi connectivity index (χ0n) is 12.0. The number of hydrogen-bond donors (Lipinski definition) is 2. The van der Waals surface area contributed by atoms with Crippen LogP contribution in [0.4, 0.5) is 0 Å². The quantitative estimate of drug-likeness (QED) is 0.717. The minimum absolute atomic E-state index is 0.0302. The number of piperidine rings is 1. The zero-order chi connectivity index (χ0) is 14.5. The van der Waals surface area contributed by atoms with Gasteiger partial charge in [-0.25, -0.2) is 12.7 Å². The summed E-state index contributed by atoms with van der Waals surface area (Å²) in [5.74, 6) is 0.179. The molecule has 6 nitrogen and oxygen atoms in total. The van der Waals surface area contributed by atoms with E-state index in [9.17, 15) is 13.2 Å². The molecule has 0 bridgehead atoms. The van der Waals surface area contributed by atoms with Gasteiger partial charge in [0, 0.05) is 19.1 Å². The Kier molecular flexibility index (Phi) is 6.22. The molecule has 0 aliphatic carbocycles. The van der Waals surface area contributed by atoms with Gasteiger partial charge in [-0.3, -0.25) is 4.79 Å². The molecule has 112 valence electrons. The molecule has 1 heterocycles. The number of nitrogens with one attached hydrogen (secondary N) is 2. The van der Waals surface area contributed by atoms with Gasteiger partial charge in [-0.1, -0.05) is 6.92 Å². The molecule has 1 fully saturated rings. The summed E-state index contributed by atoms with van der Waals surface area (Å²) in [7, 11) is -1.36. The first-order chi connectivity index (χ1) is 8.90. The van der Waals surface area contributed by atoms with Crippen LogP contribution in [0.15, 0.2) is 0 Å². The minimum atomic E-state index is -3.10. The Hall–Kier alpha value is -0.660. The SMILES string of the molecule is CCCS(=O)(=O)N1CCC(NC(=O)C(C)NC)CC1. The molecule has 0 spiro atoms. The van der Waals surface area contributed by atoms with Crippen LogP contribution in [0.3, 0.4) is 0 Å². The first kappa shape index (κ1) is 16.4. The maximum Gasteiger partial charge on any atom is 0.237 e. The molecule has 0 radical (unpaired) electrons. The van der Waals surface area contributed by atoms with E-state index in [0.717, 1.165) is 0 Å². The lowest BCUT2D eigenvalue weighted by Gasteiger charge is -2.32. The lowest BCUT2D eigenvalue weighted by Crippen LogP contribution is -2.50. The van der Waals surface area contributed by atoms with Crippen LogP contribution >= 0.6 is 0 Å². The molecule has 1 aliphatic heterocycles. The van der Waals surface area contributed by atoms with Gasteiger partial charge in [0.15, 0.2) is 0 Å². The van der Waals surface area contributed by atoms with E-state index < -0.39 is 10.0 Å². The van der Waals surface area contributed by atoms with Gasteiger partial charge in [0.2, 0.25) is 15.9 Å². The van der Waals surface area contributed by atoms with Crippen molar-refractivity contribution >= 4 is 15.9 Å². The predicted octanol–water partition coefficient (Wildman–Crippen LogP) is -0.0853. The number of rotatable bonds is 6. The first-order valence-electron chi connectivity index (χ1n) is 6.86. The van der Waals surface area contributed by atoms with Crippen molar-refractivity contribution in [3.8, 4) is 0 Å². The Balaban J connectivity index is 2.43. The van der Waals surface area contributed by atoms with E-state index in [1.165, 1.54) is 0 Å². The average Bonchev–Trinajstić information content (AvgIpc) is 2.38. The maximum absolute atomic E-state index is 11.9. The Morgan fingerprint density at radius 2 is 1.95 bits per heavy atom. The monoisotopic (exact) mass is 291 g/mol. The molecule has 1 rings (SSSR count). The molecule has 1 saturated heterocycles. The van der Waals surface area contributed by atoms with Gasteiger partial charge < -0.3 is 10.6 Å². The molecule has 1 unspecified atom stereocenters. The third-order valence-corrected chi connectivity index (χ3v) is 5.56. The number of amides is 1. The second kappa shape index (κ2) is 7.21. The summed E-state index contributed by atoms with van der Waals surface area (Å²) in [6.45, 7) is 4.67. The molecule has 2 N–H and O–H groups in total. The van der Waals surface area contributed by atoms with Crippen molar-refractivity contribution in [2.75, 3.05) is 25.9 Å². The molecule has 0 aromatic heterocycles. The summed E-state index contributed by atoms with van der Waals surface area (Å²) in [5, 5.41) is 5.84. The van der Waals surface area contributed by atoms with Crippen molar-refractivity contribution in [2.24, 2.45) is 0 Å². The zero-order valence-corrected chi connectivity index (χ0v) is 12.8. The molecule has 1 atom stereocenters. The topological polar surface area (TPSA) is 78.5 Å². The highest BCUT2D eigenvalue weighted by Gasteiger charge is 2.28. The summed E-state index contributed by atoms with van der Waals surface area (Å²) in [6, 6.07) is -0.141. The van der Waals surface area contributed by atoms with Gasteiger partial charge in [-0.15, -0.1) is 0 Å². The normalized spacial score (nSPS) is 20.2. The van der Waals surface area contributed by atoms with Crippen LogP contribution in [0.1, 0.15) is 33.1 Å². The van der Waals surface area contributed by atoms with Gasteiger partial charge in [0.05, 0.1) is 11.8 Å². The van der Waals surface area contributed by atoms with E-state index in [2.05, 4.69) is 10.6 Å². The minimum Gasteiger partial charge on any atom is -0.352 e. The number of sulfonamides is 1. The predicted molar refractivity (Wildman–Crippen MR) is 75.3 cm³/mol. The fourth-order valence-electron chi connectivity index (χ4n) is 2.12. The molecular weight excluding hydrogens is 266 g/mol. The van der Waals surface area contributed by atoms with E-state index in [1.807, 2.05) is 6.92 Å². The summed E-state index contributed by atoms with van der Waals surface area (Å²) in [4.78, 5) is 11.7. The van der Waals surface area contributed by atoms with Crippen molar-refractivity contribution in [2.45, 2.75) is 45.2 Å². The third-order valence-electron chi connectivity index (χ3n) is 3.48. The molecule has 0 aromatic rings. The maximum atomic E-state index is 11.9. The van der Waals surface area contributed by atoms with Gasteiger partial charge >= 0.3 is 0 Å². The highest BCUT2D eigenvalue weighted by atomic mass is 32.2. The largest absolute Gasteiger partial charge is 0.352 e. The van der Waals surface area contributed by atoms with E-state index in [4.69, 9.17) is 0 Å². The molecular formula is C12H25N3O3S. The number of carbonyl (C=O) groups is 1. The Morgan fingerprint density at radius 1 is 1.37 bits per heavy atom. The van der Waals surface area contributed by atoms with Crippen molar-refractivity contribution < 1.29 is 13.2 Å². The molecule has 1 aliphatic rings. The first-order valence-corrected chi connectivity index (χ1v) is 8.47. The van der Waals surface area contributed by atoms with Crippen LogP contribution in [-0.4, -0.2) is 56.6 Å². The van der Waals surface area contributed by atoms with Crippen LogP contribution in [0.25, 0.3) is 0 Å². The average molecular weight is 291 g/mol. The van der Waals surface area contributed by atoms with E-state index in [1.54, 1.807) is 18.3 Å². The second-order valence-electron chi connectivity index (χ2n) is 5.01. The number of nitrogens with zero attached hydrogens (tertiary/aromatic N) is 1. The fourth-order valence-corrected chi connectivity index (χ4v) is 3.66. The third kappa shape index (κ3) is 4.74. The Labute approximate surface area is 116 Å². The van der Waals surface area contributed by atoms with Crippen LogP contribution in [0.2, 0.25) is 0 Å². The van der Waals surface area contributed by atoms with E-state index in [0.29, 0.717) is 32.4 Å². The molecule has 0 saturated carbocycles. The van der Waals surface area contributed by atoms with E-state index in [-0.39, 0.29) is 23.7 Å². The smallest absolute Gasteiger partial charge is 0.237 e. The van der Waals surface area contributed by atoms with Gasteiger partial charge in [-0.2, -0.15) is 0 Å². The lowest BCUT2D eigenvalue weighted by molar-refractivity contribution is -0.123. The number of hydrogen-bond acceptors (Lipinski definition) is 4. The van der Waals surface area contributed by atoms with Crippen molar-refractivity contribution in [3.63, 3.8) is 0 Å².